The highest BCUT2D eigenvalue weighted by Gasteiger charge is 2.09. The second-order valence-corrected chi connectivity index (χ2v) is 4.84. The number of thiophene rings is 1. The van der Waals surface area contributed by atoms with E-state index in [1.54, 1.807) is 18.2 Å². The summed E-state index contributed by atoms with van der Waals surface area (Å²) in [6.45, 7) is 0. The fraction of sp³-hybridized carbons (Fsp3) is 0. The molecule has 0 unspecified atom stereocenters. The molecular weight excluding hydrogens is 270 g/mol. The summed E-state index contributed by atoms with van der Waals surface area (Å²) in [4.78, 5) is 16.1. The summed E-state index contributed by atoms with van der Waals surface area (Å²) in [5, 5.41) is 2.55. The number of guanidine groups is 1. The normalized spacial score (nSPS) is 10.1. The van der Waals surface area contributed by atoms with Gasteiger partial charge in [0.2, 0.25) is 0 Å². The van der Waals surface area contributed by atoms with Crippen molar-refractivity contribution in [3.8, 4) is 10.4 Å². The molecule has 0 aliphatic heterocycles. The number of amides is 1. The topological polar surface area (TPSA) is 81.5 Å². The molecule has 18 heavy (non-hydrogen) atoms. The lowest BCUT2D eigenvalue weighted by atomic mass is 10.1. The molecule has 6 heteroatoms. The zero-order valence-electron chi connectivity index (χ0n) is 9.26. The van der Waals surface area contributed by atoms with Gasteiger partial charge in [-0.15, -0.1) is 11.3 Å². The average molecular weight is 280 g/mol. The molecule has 0 saturated carbocycles. The molecule has 1 aromatic heterocycles. The molecule has 0 aliphatic rings. The predicted molar refractivity (Wildman–Crippen MR) is 74.9 cm³/mol. The number of halogens is 1. The van der Waals surface area contributed by atoms with Gasteiger partial charge >= 0.3 is 0 Å². The average Bonchev–Trinajstić information content (AvgIpc) is 2.75. The molecule has 0 radical (unpaired) electrons. The maximum Gasteiger partial charge on any atom is 0.280 e. The summed E-state index contributed by atoms with van der Waals surface area (Å²) >= 11 is 7.56. The Balaban J connectivity index is 2.40. The van der Waals surface area contributed by atoms with E-state index in [1.165, 1.54) is 11.3 Å². The third kappa shape index (κ3) is 2.69. The van der Waals surface area contributed by atoms with E-state index in [1.807, 2.05) is 17.5 Å². The first-order chi connectivity index (χ1) is 8.58. The molecule has 0 bridgehead atoms. The van der Waals surface area contributed by atoms with Crippen molar-refractivity contribution in [3.05, 3.63) is 46.3 Å². The van der Waals surface area contributed by atoms with Gasteiger partial charge in [0, 0.05) is 5.56 Å². The highest BCUT2D eigenvalue weighted by atomic mass is 35.5. The summed E-state index contributed by atoms with van der Waals surface area (Å²) in [5.41, 5.74) is 11.6. The number of nitrogens with zero attached hydrogens (tertiary/aromatic N) is 1. The number of rotatable bonds is 2. The van der Waals surface area contributed by atoms with E-state index < -0.39 is 5.91 Å². The van der Waals surface area contributed by atoms with E-state index >= 15 is 0 Å². The van der Waals surface area contributed by atoms with Crippen LogP contribution in [0.1, 0.15) is 10.4 Å². The van der Waals surface area contributed by atoms with Crippen molar-refractivity contribution in [1.82, 2.24) is 0 Å². The number of benzene rings is 1. The highest BCUT2D eigenvalue weighted by molar-refractivity contribution is 7.14. The van der Waals surface area contributed by atoms with E-state index in [0.717, 1.165) is 10.4 Å². The zero-order valence-corrected chi connectivity index (χ0v) is 10.8. The van der Waals surface area contributed by atoms with E-state index in [9.17, 15) is 4.79 Å². The van der Waals surface area contributed by atoms with Gasteiger partial charge < -0.3 is 11.5 Å². The standard InChI is InChI=1S/C12H10ClN3OS/c13-9-4-5-18-10(9)7-2-1-3-8(6-7)11(17)16-12(14)15/h1-6H,(H4,14,15,16,17). The fourth-order valence-corrected chi connectivity index (χ4v) is 2.64. The lowest BCUT2D eigenvalue weighted by Gasteiger charge is -2.01. The smallest absolute Gasteiger partial charge is 0.280 e. The third-order valence-corrected chi connectivity index (χ3v) is 3.61. The number of aliphatic imine (C=N–C) groups is 1. The SMILES string of the molecule is NC(N)=NC(=O)c1cccc(-c2sccc2Cl)c1. The van der Waals surface area contributed by atoms with Crippen molar-refractivity contribution in [2.24, 2.45) is 16.5 Å². The van der Waals surface area contributed by atoms with Crippen LogP contribution in [0.5, 0.6) is 0 Å². The van der Waals surface area contributed by atoms with Crippen LogP contribution < -0.4 is 11.5 Å². The molecule has 1 aromatic carbocycles. The first-order valence-electron chi connectivity index (χ1n) is 5.05. The number of hydrogen-bond donors (Lipinski definition) is 2. The summed E-state index contributed by atoms with van der Waals surface area (Å²) in [6.07, 6.45) is 0. The Labute approximate surface area is 113 Å². The van der Waals surface area contributed by atoms with Crippen molar-refractivity contribution in [2.45, 2.75) is 0 Å². The van der Waals surface area contributed by atoms with Crippen molar-refractivity contribution >= 4 is 34.8 Å². The second-order valence-electron chi connectivity index (χ2n) is 3.52. The summed E-state index contributed by atoms with van der Waals surface area (Å²) in [5.74, 6) is -0.718. The molecule has 2 aromatic rings. The Morgan fingerprint density at radius 3 is 2.67 bits per heavy atom. The van der Waals surface area contributed by atoms with Gasteiger partial charge in [-0.05, 0) is 29.1 Å². The largest absolute Gasteiger partial charge is 0.370 e. The van der Waals surface area contributed by atoms with Crippen molar-refractivity contribution in [3.63, 3.8) is 0 Å². The minimum atomic E-state index is -0.468. The molecule has 2 rings (SSSR count). The molecule has 0 spiro atoms. The number of hydrogen-bond acceptors (Lipinski definition) is 2. The maximum atomic E-state index is 11.7. The molecule has 1 amide bonds. The molecule has 4 N–H and O–H groups in total. The summed E-state index contributed by atoms with van der Waals surface area (Å²) in [7, 11) is 0. The Bertz CT molecular complexity index is 617. The van der Waals surface area contributed by atoms with Crippen molar-refractivity contribution in [2.75, 3.05) is 0 Å². The van der Waals surface area contributed by atoms with Gasteiger partial charge in [0.25, 0.3) is 5.91 Å². The second kappa shape index (κ2) is 5.20. The lowest BCUT2D eigenvalue weighted by molar-refractivity contribution is 0.100. The molecular formula is C12H10ClN3OS. The maximum absolute atomic E-state index is 11.7. The quantitative estimate of drug-likeness (QED) is 0.654. The Morgan fingerprint density at radius 2 is 2.06 bits per heavy atom. The fourth-order valence-electron chi connectivity index (χ4n) is 1.47. The van der Waals surface area contributed by atoms with Crippen LogP contribution in [-0.2, 0) is 0 Å². The van der Waals surface area contributed by atoms with Crippen molar-refractivity contribution in [1.29, 1.82) is 0 Å². The van der Waals surface area contributed by atoms with Crippen LogP contribution in [0.4, 0.5) is 0 Å². The van der Waals surface area contributed by atoms with Gasteiger partial charge in [-0.25, -0.2) is 0 Å². The Kier molecular flexibility index (Phi) is 3.64. The Morgan fingerprint density at radius 1 is 1.28 bits per heavy atom. The molecule has 0 aliphatic carbocycles. The molecule has 0 saturated heterocycles. The van der Waals surface area contributed by atoms with E-state index in [-0.39, 0.29) is 5.96 Å². The van der Waals surface area contributed by atoms with Crippen LogP contribution in [-0.4, -0.2) is 11.9 Å². The van der Waals surface area contributed by atoms with Gasteiger partial charge in [0.05, 0.1) is 9.90 Å². The van der Waals surface area contributed by atoms with Crippen LogP contribution in [0.25, 0.3) is 10.4 Å². The molecule has 0 fully saturated rings. The molecule has 0 atom stereocenters. The molecule has 4 nitrogen and oxygen atoms in total. The van der Waals surface area contributed by atoms with Crippen LogP contribution in [0.2, 0.25) is 5.02 Å². The lowest BCUT2D eigenvalue weighted by Crippen LogP contribution is -2.24. The summed E-state index contributed by atoms with van der Waals surface area (Å²) in [6, 6.07) is 8.82. The third-order valence-electron chi connectivity index (χ3n) is 2.22. The van der Waals surface area contributed by atoms with E-state index in [2.05, 4.69) is 4.99 Å². The van der Waals surface area contributed by atoms with Crippen LogP contribution in [0, 0.1) is 0 Å². The minimum Gasteiger partial charge on any atom is -0.370 e. The van der Waals surface area contributed by atoms with Crippen LogP contribution in [0.15, 0.2) is 40.7 Å². The van der Waals surface area contributed by atoms with E-state index in [0.29, 0.717) is 10.6 Å². The molecule has 1 heterocycles. The Hall–Kier alpha value is -1.85. The van der Waals surface area contributed by atoms with E-state index in [4.69, 9.17) is 23.1 Å². The van der Waals surface area contributed by atoms with Gasteiger partial charge in [-0.1, -0.05) is 23.7 Å². The number of carbonyl (C=O) groups excluding carboxylic acids is 1. The first kappa shape index (κ1) is 12.6. The van der Waals surface area contributed by atoms with Gasteiger partial charge in [0.15, 0.2) is 5.96 Å². The minimum absolute atomic E-state index is 0.250. The zero-order chi connectivity index (χ0) is 13.1. The number of nitrogens with two attached hydrogens (primary N) is 2. The predicted octanol–water partition coefficient (Wildman–Crippen LogP) is 2.48. The van der Waals surface area contributed by atoms with Crippen molar-refractivity contribution < 1.29 is 4.79 Å². The summed E-state index contributed by atoms with van der Waals surface area (Å²) < 4.78 is 0. The monoisotopic (exact) mass is 279 g/mol. The van der Waals surface area contributed by atoms with Crippen LogP contribution in [0.3, 0.4) is 0 Å². The van der Waals surface area contributed by atoms with Gasteiger partial charge in [-0.3, -0.25) is 4.79 Å². The van der Waals surface area contributed by atoms with Gasteiger partial charge in [0.1, 0.15) is 0 Å². The van der Waals surface area contributed by atoms with Crippen LogP contribution >= 0.6 is 22.9 Å². The first-order valence-corrected chi connectivity index (χ1v) is 6.31. The highest BCUT2D eigenvalue weighted by Crippen LogP contribution is 2.33. The number of carbonyl (C=O) groups is 1. The molecule has 92 valence electrons. The van der Waals surface area contributed by atoms with Gasteiger partial charge in [-0.2, -0.15) is 4.99 Å².